The monoisotopic (exact) mass is 601 g/mol. The van der Waals surface area contributed by atoms with Gasteiger partial charge in [0.2, 0.25) is 0 Å². The molecule has 42 heavy (non-hydrogen) atoms. The Labute approximate surface area is 242 Å². The van der Waals surface area contributed by atoms with Crippen LogP contribution in [0.5, 0.6) is 0 Å². The molecule has 3 aromatic heterocycles. The van der Waals surface area contributed by atoms with Gasteiger partial charge in [0.05, 0.1) is 16.9 Å². The zero-order chi connectivity index (χ0) is 30.4. The van der Waals surface area contributed by atoms with E-state index in [-0.39, 0.29) is 5.82 Å². The van der Waals surface area contributed by atoms with Crippen LogP contribution in [-0.2, 0) is 11.2 Å². The Morgan fingerprint density at radius 1 is 1.24 bits per heavy atom. The van der Waals surface area contributed by atoms with E-state index in [2.05, 4.69) is 42.3 Å². The molecule has 2 N–H and O–H groups in total. The first kappa shape index (κ1) is 29.3. The van der Waals surface area contributed by atoms with E-state index in [0.29, 0.717) is 21.1 Å². The maximum Gasteiger partial charge on any atom is 0.490 e. The summed E-state index contributed by atoms with van der Waals surface area (Å²) in [4.78, 5) is 18.7. The number of rotatable bonds is 5. The fraction of sp³-hybridized carbons (Fsp3) is 0.357. The molecule has 0 amide bonds. The third-order valence-electron chi connectivity index (χ3n) is 7.39. The third kappa shape index (κ3) is 5.37. The zero-order valence-corrected chi connectivity index (χ0v) is 23.8. The molecular weight excluding hydrogens is 574 g/mol. The van der Waals surface area contributed by atoms with Gasteiger partial charge in [-0.25, -0.2) is 18.7 Å². The number of carboxylic acid groups (broad SMARTS) is 1. The number of carboxylic acids is 1. The van der Waals surface area contributed by atoms with Crippen LogP contribution in [-0.4, -0.2) is 65.1 Å². The smallest absolute Gasteiger partial charge is 0.475 e. The molecule has 14 heteroatoms. The largest absolute Gasteiger partial charge is 0.490 e. The van der Waals surface area contributed by atoms with Gasteiger partial charge in [0, 0.05) is 55.6 Å². The van der Waals surface area contributed by atoms with E-state index in [4.69, 9.17) is 20.0 Å². The van der Waals surface area contributed by atoms with Crippen LogP contribution in [0.1, 0.15) is 23.2 Å². The number of pyridine rings is 1. The van der Waals surface area contributed by atoms with Crippen molar-refractivity contribution in [3.05, 3.63) is 58.5 Å². The number of aliphatic carboxylic acids is 1. The van der Waals surface area contributed by atoms with Gasteiger partial charge in [-0.05, 0) is 49.7 Å². The lowest BCUT2D eigenvalue weighted by Crippen LogP contribution is -2.71. The second kappa shape index (κ2) is 10.9. The molecule has 1 aromatic carbocycles. The number of nitriles is 1. The van der Waals surface area contributed by atoms with Crippen LogP contribution in [0.25, 0.3) is 16.8 Å². The summed E-state index contributed by atoms with van der Waals surface area (Å²) >= 11 is 1.34. The van der Waals surface area contributed by atoms with Crippen LogP contribution in [0.2, 0.25) is 0 Å². The Bertz CT molecular complexity index is 1680. The average Bonchev–Trinajstić information content (AvgIpc) is 3.49. The predicted molar refractivity (Wildman–Crippen MR) is 151 cm³/mol. The SMILES string of the molecule is CCc1nn2c(C)cc(N3CC4(CNC4)C3)cc2c1N(C)c1nc(-c2ccc(F)cc2)c(C#N)s1.O=C(O)C(F)(F)F. The molecule has 9 nitrogen and oxygen atoms in total. The minimum atomic E-state index is -5.08. The number of halogens is 4. The van der Waals surface area contributed by atoms with E-state index in [1.54, 1.807) is 12.1 Å². The molecule has 1 spiro atoms. The maximum atomic E-state index is 13.4. The van der Waals surface area contributed by atoms with Gasteiger partial charge >= 0.3 is 12.1 Å². The standard InChI is InChI=1S/C26H26FN7S.C2HF3O2/c1-4-20-24(32(3)25-30-23(22(11-28)35-25)17-5-7-18(27)8-6-17)21-10-19(9-16(2)34(21)31-20)33-14-26(15-33)12-29-13-26;3-2(4,5)1(6)7/h5-10,29H,4,12-15H2,1-3H3;(H,6,7). The number of thiazole rings is 1. The van der Waals surface area contributed by atoms with Crippen molar-refractivity contribution in [2.75, 3.05) is 43.0 Å². The van der Waals surface area contributed by atoms with Crippen molar-refractivity contribution >= 4 is 39.3 Å². The van der Waals surface area contributed by atoms with Gasteiger partial charge in [0.25, 0.3) is 0 Å². The second-order valence-electron chi connectivity index (χ2n) is 10.4. The van der Waals surface area contributed by atoms with E-state index >= 15 is 0 Å². The summed E-state index contributed by atoms with van der Waals surface area (Å²) < 4.78 is 47.2. The molecule has 2 saturated heterocycles. The number of alkyl halides is 3. The molecular formula is C28H27F4N7O2S. The number of aryl methyl sites for hydroxylation is 2. The number of anilines is 3. The summed E-state index contributed by atoms with van der Waals surface area (Å²) in [7, 11) is 1.98. The number of aromatic nitrogens is 3. The van der Waals surface area contributed by atoms with Crippen LogP contribution >= 0.6 is 11.3 Å². The zero-order valence-electron chi connectivity index (χ0n) is 23.0. The molecule has 5 heterocycles. The Morgan fingerprint density at radius 2 is 1.88 bits per heavy atom. The topological polar surface area (TPSA) is 110 Å². The number of hydrogen-bond acceptors (Lipinski definition) is 8. The second-order valence-corrected chi connectivity index (χ2v) is 11.4. The Kier molecular flexibility index (Phi) is 7.59. The van der Waals surface area contributed by atoms with Crippen molar-refractivity contribution in [2.45, 2.75) is 26.4 Å². The van der Waals surface area contributed by atoms with E-state index in [9.17, 15) is 22.8 Å². The van der Waals surface area contributed by atoms with Gasteiger partial charge in [0.1, 0.15) is 22.5 Å². The van der Waals surface area contributed by atoms with E-state index < -0.39 is 12.1 Å². The van der Waals surface area contributed by atoms with Crippen LogP contribution < -0.4 is 15.1 Å². The summed E-state index contributed by atoms with van der Waals surface area (Å²) in [6, 6.07) is 12.8. The van der Waals surface area contributed by atoms with Crippen molar-refractivity contribution in [3.63, 3.8) is 0 Å². The summed E-state index contributed by atoms with van der Waals surface area (Å²) in [6.07, 6.45) is -4.31. The number of benzene rings is 1. The highest BCUT2D eigenvalue weighted by molar-refractivity contribution is 7.16. The van der Waals surface area contributed by atoms with Crippen molar-refractivity contribution in [1.82, 2.24) is 19.9 Å². The highest BCUT2D eigenvalue weighted by atomic mass is 32.1. The van der Waals surface area contributed by atoms with Crippen molar-refractivity contribution in [1.29, 1.82) is 5.26 Å². The first-order valence-electron chi connectivity index (χ1n) is 13.0. The van der Waals surface area contributed by atoms with Gasteiger partial charge in [-0.1, -0.05) is 18.3 Å². The molecule has 2 fully saturated rings. The van der Waals surface area contributed by atoms with E-state index in [1.165, 1.54) is 29.2 Å². The molecule has 0 bridgehead atoms. The molecule has 0 saturated carbocycles. The van der Waals surface area contributed by atoms with Gasteiger partial charge in [-0.3, -0.25) is 0 Å². The average molecular weight is 602 g/mol. The van der Waals surface area contributed by atoms with Gasteiger partial charge in [-0.2, -0.15) is 23.5 Å². The first-order chi connectivity index (χ1) is 19.9. The third-order valence-corrected chi connectivity index (χ3v) is 8.43. The van der Waals surface area contributed by atoms with Crippen LogP contribution in [0.3, 0.4) is 0 Å². The van der Waals surface area contributed by atoms with Gasteiger partial charge in [-0.15, -0.1) is 0 Å². The lowest BCUT2D eigenvalue weighted by molar-refractivity contribution is -0.192. The molecule has 2 aliphatic heterocycles. The van der Waals surface area contributed by atoms with Crippen molar-refractivity contribution in [2.24, 2.45) is 5.41 Å². The number of fused-ring (bicyclic) bond motifs is 1. The van der Waals surface area contributed by atoms with Crippen molar-refractivity contribution < 1.29 is 27.5 Å². The Balaban J connectivity index is 0.000000451. The van der Waals surface area contributed by atoms with E-state index in [0.717, 1.165) is 60.8 Å². The summed E-state index contributed by atoms with van der Waals surface area (Å²) in [6.45, 7) is 8.56. The number of nitrogens with zero attached hydrogens (tertiary/aromatic N) is 6. The fourth-order valence-corrected chi connectivity index (χ4v) is 6.04. The molecule has 0 atom stereocenters. The number of hydrogen-bond donors (Lipinski definition) is 2. The van der Waals surface area contributed by atoms with Gasteiger partial charge in [0.15, 0.2) is 5.13 Å². The van der Waals surface area contributed by atoms with Crippen LogP contribution in [0.4, 0.5) is 34.1 Å². The minimum Gasteiger partial charge on any atom is -0.475 e. The van der Waals surface area contributed by atoms with Gasteiger partial charge < -0.3 is 20.2 Å². The predicted octanol–water partition coefficient (Wildman–Crippen LogP) is 5.15. The highest BCUT2D eigenvalue weighted by Crippen LogP contribution is 2.42. The number of nitrogens with one attached hydrogen (secondary N) is 1. The summed E-state index contributed by atoms with van der Waals surface area (Å²) in [5.74, 6) is -3.07. The summed E-state index contributed by atoms with van der Waals surface area (Å²) in [5.41, 5.74) is 7.06. The fourth-order valence-electron chi connectivity index (χ4n) is 5.19. The number of carbonyl (C=O) groups is 1. The molecule has 6 rings (SSSR count). The lowest BCUT2D eigenvalue weighted by Gasteiger charge is -2.57. The first-order valence-corrected chi connectivity index (χ1v) is 13.9. The maximum absolute atomic E-state index is 13.4. The van der Waals surface area contributed by atoms with Crippen LogP contribution in [0.15, 0.2) is 36.4 Å². The minimum absolute atomic E-state index is 0.313. The molecule has 220 valence electrons. The molecule has 4 aromatic rings. The van der Waals surface area contributed by atoms with Crippen molar-refractivity contribution in [3.8, 4) is 17.3 Å². The normalized spacial score (nSPS) is 15.4. The Hall–Kier alpha value is -4.22. The highest BCUT2D eigenvalue weighted by Gasteiger charge is 2.47. The lowest BCUT2D eigenvalue weighted by atomic mass is 9.74. The molecule has 0 unspecified atom stereocenters. The quantitative estimate of drug-likeness (QED) is 0.303. The Morgan fingerprint density at radius 3 is 2.40 bits per heavy atom. The van der Waals surface area contributed by atoms with Crippen LogP contribution in [0, 0.1) is 29.5 Å². The molecule has 0 aliphatic carbocycles. The molecule has 2 aliphatic rings. The molecule has 0 radical (unpaired) electrons. The summed E-state index contributed by atoms with van der Waals surface area (Å²) in [5, 5.41) is 25.9. The van der Waals surface area contributed by atoms with E-state index in [1.807, 2.05) is 16.5 Å².